The summed E-state index contributed by atoms with van der Waals surface area (Å²) in [6.45, 7) is 4.83. The van der Waals surface area contributed by atoms with E-state index < -0.39 is 0 Å². The Kier molecular flexibility index (Phi) is 5.53. The molecule has 0 aromatic heterocycles. The number of nitrogen functional groups attached to an aromatic ring is 2. The summed E-state index contributed by atoms with van der Waals surface area (Å²) in [6, 6.07) is 12.1. The van der Waals surface area contributed by atoms with Crippen molar-refractivity contribution in [1.82, 2.24) is 4.90 Å². The van der Waals surface area contributed by atoms with Crippen LogP contribution in [0.5, 0.6) is 5.75 Å². The van der Waals surface area contributed by atoms with Crippen LogP contribution in [0.3, 0.4) is 0 Å². The number of carbonyl (C=O) groups excluding carboxylic acids is 1. The van der Waals surface area contributed by atoms with Gasteiger partial charge in [0.15, 0.2) is 5.78 Å². The number of anilines is 2. The summed E-state index contributed by atoms with van der Waals surface area (Å²) in [5.41, 5.74) is 13.4. The molecular formula is C19H23N3O3. The summed E-state index contributed by atoms with van der Waals surface area (Å²) >= 11 is 0. The van der Waals surface area contributed by atoms with Crippen LogP contribution in [-0.4, -0.2) is 50.1 Å². The van der Waals surface area contributed by atoms with Gasteiger partial charge in [0, 0.05) is 30.8 Å². The first-order valence-corrected chi connectivity index (χ1v) is 8.36. The zero-order chi connectivity index (χ0) is 17.6. The van der Waals surface area contributed by atoms with Gasteiger partial charge in [-0.2, -0.15) is 0 Å². The molecule has 1 saturated heterocycles. The fourth-order valence-electron chi connectivity index (χ4n) is 2.73. The van der Waals surface area contributed by atoms with Crippen molar-refractivity contribution in [2.45, 2.75) is 0 Å². The van der Waals surface area contributed by atoms with Crippen LogP contribution in [0.2, 0.25) is 0 Å². The molecule has 1 heterocycles. The third kappa shape index (κ3) is 4.49. The Balaban J connectivity index is 1.62. The fourth-order valence-corrected chi connectivity index (χ4v) is 2.73. The average Bonchev–Trinajstić information content (AvgIpc) is 2.64. The van der Waals surface area contributed by atoms with Gasteiger partial charge in [-0.05, 0) is 30.3 Å². The highest BCUT2D eigenvalue weighted by molar-refractivity contribution is 6.10. The Morgan fingerprint density at radius 1 is 1.04 bits per heavy atom. The van der Waals surface area contributed by atoms with Gasteiger partial charge >= 0.3 is 0 Å². The lowest BCUT2D eigenvalue weighted by Crippen LogP contribution is -2.38. The van der Waals surface area contributed by atoms with Gasteiger partial charge in [-0.3, -0.25) is 9.69 Å². The third-order valence-electron chi connectivity index (χ3n) is 4.23. The van der Waals surface area contributed by atoms with E-state index in [0.29, 0.717) is 34.9 Å². The number of morpholine rings is 1. The first-order valence-electron chi connectivity index (χ1n) is 8.36. The van der Waals surface area contributed by atoms with E-state index in [1.54, 1.807) is 30.3 Å². The number of benzene rings is 2. The molecule has 2 aromatic rings. The minimum absolute atomic E-state index is 0.106. The second-order valence-electron chi connectivity index (χ2n) is 6.00. The second kappa shape index (κ2) is 8.00. The lowest BCUT2D eigenvalue weighted by molar-refractivity contribution is 0.0322. The van der Waals surface area contributed by atoms with Crippen LogP contribution in [-0.2, 0) is 4.74 Å². The van der Waals surface area contributed by atoms with Crippen molar-refractivity contribution in [3.63, 3.8) is 0 Å². The number of ether oxygens (including phenoxy) is 2. The Bertz CT molecular complexity index is 742. The number of nitrogens with two attached hydrogens (primary N) is 2. The van der Waals surface area contributed by atoms with Gasteiger partial charge < -0.3 is 20.9 Å². The molecule has 0 bridgehead atoms. The molecule has 1 fully saturated rings. The van der Waals surface area contributed by atoms with Crippen LogP contribution in [0.4, 0.5) is 11.4 Å². The van der Waals surface area contributed by atoms with E-state index >= 15 is 0 Å². The first-order chi connectivity index (χ1) is 12.1. The standard InChI is InChI=1S/C19H23N3O3/c20-17-5-4-15(13-18(17)21)19(23)14-2-1-3-16(12-14)25-11-8-22-6-9-24-10-7-22/h1-5,12-13H,6-11,20-21H2. The topological polar surface area (TPSA) is 90.8 Å². The van der Waals surface area contributed by atoms with Gasteiger partial charge in [0.05, 0.1) is 24.6 Å². The Morgan fingerprint density at radius 2 is 1.80 bits per heavy atom. The van der Waals surface area contributed by atoms with Crippen molar-refractivity contribution < 1.29 is 14.3 Å². The zero-order valence-electron chi connectivity index (χ0n) is 14.1. The number of rotatable bonds is 6. The molecule has 0 aliphatic carbocycles. The molecule has 0 atom stereocenters. The summed E-state index contributed by atoms with van der Waals surface area (Å²) in [5.74, 6) is 0.577. The zero-order valence-corrected chi connectivity index (χ0v) is 14.1. The summed E-state index contributed by atoms with van der Waals surface area (Å²) in [7, 11) is 0. The van der Waals surface area contributed by atoms with E-state index in [9.17, 15) is 4.79 Å². The van der Waals surface area contributed by atoms with E-state index in [0.717, 1.165) is 32.8 Å². The number of ketones is 1. The van der Waals surface area contributed by atoms with Crippen molar-refractivity contribution in [3.05, 3.63) is 53.6 Å². The van der Waals surface area contributed by atoms with Crippen molar-refractivity contribution in [3.8, 4) is 5.75 Å². The molecule has 0 unspecified atom stereocenters. The van der Waals surface area contributed by atoms with Crippen LogP contribution in [0.25, 0.3) is 0 Å². The van der Waals surface area contributed by atoms with E-state index in [1.165, 1.54) is 0 Å². The van der Waals surface area contributed by atoms with Crippen LogP contribution in [0.15, 0.2) is 42.5 Å². The van der Waals surface area contributed by atoms with Gasteiger partial charge in [-0.15, -0.1) is 0 Å². The first kappa shape index (κ1) is 17.3. The normalized spacial score (nSPS) is 15.0. The van der Waals surface area contributed by atoms with Crippen LogP contribution >= 0.6 is 0 Å². The Morgan fingerprint density at radius 3 is 2.56 bits per heavy atom. The predicted octanol–water partition coefficient (Wildman–Crippen LogP) is 1.79. The molecule has 0 spiro atoms. The van der Waals surface area contributed by atoms with E-state index in [2.05, 4.69) is 4.90 Å². The quantitative estimate of drug-likeness (QED) is 0.615. The van der Waals surface area contributed by atoms with Crippen molar-refractivity contribution in [1.29, 1.82) is 0 Å². The van der Waals surface area contributed by atoms with Gasteiger partial charge in [-0.25, -0.2) is 0 Å². The summed E-state index contributed by atoms with van der Waals surface area (Å²) < 4.78 is 11.1. The largest absolute Gasteiger partial charge is 0.492 e. The van der Waals surface area contributed by atoms with E-state index in [-0.39, 0.29) is 5.78 Å². The predicted molar refractivity (Wildman–Crippen MR) is 97.9 cm³/mol. The molecule has 6 nitrogen and oxygen atoms in total. The number of carbonyl (C=O) groups is 1. The maximum atomic E-state index is 12.6. The van der Waals surface area contributed by atoms with Crippen molar-refractivity contribution in [2.24, 2.45) is 0 Å². The minimum Gasteiger partial charge on any atom is -0.492 e. The lowest BCUT2D eigenvalue weighted by Gasteiger charge is -2.26. The highest BCUT2D eigenvalue weighted by atomic mass is 16.5. The maximum Gasteiger partial charge on any atom is 0.193 e. The van der Waals surface area contributed by atoms with Gasteiger partial charge in [-0.1, -0.05) is 12.1 Å². The number of nitrogens with zero attached hydrogens (tertiary/aromatic N) is 1. The number of hydrogen-bond donors (Lipinski definition) is 2. The molecule has 1 aliphatic rings. The van der Waals surface area contributed by atoms with Crippen molar-refractivity contribution in [2.75, 3.05) is 50.9 Å². The molecule has 6 heteroatoms. The molecule has 0 amide bonds. The van der Waals surface area contributed by atoms with Gasteiger partial charge in [0.2, 0.25) is 0 Å². The molecule has 132 valence electrons. The van der Waals surface area contributed by atoms with Gasteiger partial charge in [0.1, 0.15) is 12.4 Å². The van der Waals surface area contributed by atoms with E-state index in [4.69, 9.17) is 20.9 Å². The molecule has 0 radical (unpaired) electrons. The molecule has 4 N–H and O–H groups in total. The SMILES string of the molecule is Nc1ccc(C(=O)c2cccc(OCCN3CCOCC3)c2)cc1N. The maximum absolute atomic E-state index is 12.6. The highest BCUT2D eigenvalue weighted by Gasteiger charge is 2.12. The molecular weight excluding hydrogens is 318 g/mol. The van der Waals surface area contributed by atoms with Crippen LogP contribution in [0, 0.1) is 0 Å². The molecule has 1 aliphatic heterocycles. The number of hydrogen-bond acceptors (Lipinski definition) is 6. The minimum atomic E-state index is -0.106. The Hall–Kier alpha value is -2.57. The summed E-state index contributed by atoms with van der Waals surface area (Å²) in [6.07, 6.45) is 0. The monoisotopic (exact) mass is 341 g/mol. The molecule has 2 aromatic carbocycles. The molecule has 0 saturated carbocycles. The molecule has 25 heavy (non-hydrogen) atoms. The Labute approximate surface area is 147 Å². The highest BCUT2D eigenvalue weighted by Crippen LogP contribution is 2.21. The van der Waals surface area contributed by atoms with Gasteiger partial charge in [0.25, 0.3) is 0 Å². The molecule has 3 rings (SSSR count). The summed E-state index contributed by atoms with van der Waals surface area (Å²) in [5, 5.41) is 0. The van der Waals surface area contributed by atoms with Crippen molar-refractivity contribution >= 4 is 17.2 Å². The van der Waals surface area contributed by atoms with Crippen LogP contribution in [0.1, 0.15) is 15.9 Å². The second-order valence-corrected chi connectivity index (χ2v) is 6.00. The summed E-state index contributed by atoms with van der Waals surface area (Å²) in [4.78, 5) is 14.9. The lowest BCUT2D eigenvalue weighted by atomic mass is 10.0. The van der Waals surface area contributed by atoms with E-state index in [1.807, 2.05) is 12.1 Å². The smallest absolute Gasteiger partial charge is 0.193 e. The third-order valence-corrected chi connectivity index (χ3v) is 4.23. The van der Waals surface area contributed by atoms with Crippen LogP contribution < -0.4 is 16.2 Å². The average molecular weight is 341 g/mol. The fraction of sp³-hybridized carbons (Fsp3) is 0.316.